The highest BCUT2D eigenvalue weighted by molar-refractivity contribution is 6.78. The third-order valence-electron chi connectivity index (χ3n) is 4.29. The van der Waals surface area contributed by atoms with Crippen LogP contribution in [0.25, 0.3) is 0 Å². The van der Waals surface area contributed by atoms with E-state index in [0.29, 0.717) is 0 Å². The SMILES string of the molecule is CCCCN(CCCC)[Si](C)(C)CC[Si](C)(C)OCC. The van der Waals surface area contributed by atoms with E-state index >= 15 is 0 Å². The monoisotopic (exact) mass is 317 g/mol. The Hall–Kier alpha value is 0.354. The van der Waals surface area contributed by atoms with Gasteiger partial charge in [-0.1, -0.05) is 39.8 Å². The van der Waals surface area contributed by atoms with Crippen molar-refractivity contribution in [2.24, 2.45) is 0 Å². The molecule has 0 rings (SSSR count). The third-order valence-corrected chi connectivity index (χ3v) is 11.0. The second-order valence-electron chi connectivity index (χ2n) is 7.20. The minimum atomic E-state index is -1.41. The maximum atomic E-state index is 6.01. The Morgan fingerprint density at radius 1 is 0.800 bits per heavy atom. The van der Waals surface area contributed by atoms with Crippen molar-refractivity contribution in [2.45, 2.75) is 84.7 Å². The second-order valence-corrected chi connectivity index (χ2v) is 16.3. The molecule has 0 N–H and O–H groups in total. The van der Waals surface area contributed by atoms with Crippen molar-refractivity contribution >= 4 is 16.6 Å². The lowest BCUT2D eigenvalue weighted by atomic mass is 10.3. The summed E-state index contributed by atoms with van der Waals surface area (Å²) in [7, 11) is -2.67. The number of unbranched alkanes of at least 4 members (excludes halogenated alkanes) is 2. The Bertz CT molecular complexity index is 237. The summed E-state index contributed by atoms with van der Waals surface area (Å²) in [6.45, 7) is 20.1. The van der Waals surface area contributed by atoms with E-state index < -0.39 is 16.6 Å². The van der Waals surface area contributed by atoms with Crippen LogP contribution >= 0.6 is 0 Å². The molecule has 0 atom stereocenters. The molecule has 0 aliphatic carbocycles. The van der Waals surface area contributed by atoms with Crippen LogP contribution in [-0.2, 0) is 4.43 Å². The van der Waals surface area contributed by atoms with E-state index in [1.165, 1.54) is 50.9 Å². The zero-order valence-electron chi connectivity index (χ0n) is 15.2. The Balaban J connectivity index is 4.50. The van der Waals surface area contributed by atoms with E-state index in [2.05, 4.69) is 51.5 Å². The zero-order valence-corrected chi connectivity index (χ0v) is 17.2. The summed E-state index contributed by atoms with van der Waals surface area (Å²) in [5.74, 6) is 0. The van der Waals surface area contributed by atoms with Crippen LogP contribution in [0.5, 0.6) is 0 Å². The van der Waals surface area contributed by atoms with Gasteiger partial charge in [-0.15, -0.1) is 0 Å². The molecule has 0 heterocycles. The summed E-state index contributed by atoms with van der Waals surface area (Å²) >= 11 is 0. The predicted octanol–water partition coefficient (Wildman–Crippen LogP) is 5.34. The molecule has 0 unspecified atom stereocenters. The minimum absolute atomic E-state index is 0.886. The van der Waals surface area contributed by atoms with Crippen LogP contribution in [0.15, 0.2) is 0 Å². The fraction of sp³-hybridized carbons (Fsp3) is 1.00. The molecule has 2 nitrogen and oxygen atoms in total. The van der Waals surface area contributed by atoms with Gasteiger partial charge in [0.15, 0.2) is 8.32 Å². The molecule has 0 fully saturated rings. The first kappa shape index (κ1) is 20.4. The smallest absolute Gasteiger partial charge is 0.186 e. The van der Waals surface area contributed by atoms with Gasteiger partial charge >= 0.3 is 0 Å². The third kappa shape index (κ3) is 8.60. The van der Waals surface area contributed by atoms with E-state index in [0.717, 1.165) is 6.61 Å². The van der Waals surface area contributed by atoms with Gasteiger partial charge in [-0.25, -0.2) is 0 Å². The molecule has 0 aliphatic heterocycles. The molecule has 0 aromatic heterocycles. The standard InChI is InChI=1S/C16H39NOSi2/c1-8-11-13-17(14-12-9-2)19(4,5)15-16-20(6,7)18-10-3/h8-16H2,1-7H3. The van der Waals surface area contributed by atoms with Gasteiger partial charge in [0.25, 0.3) is 0 Å². The highest BCUT2D eigenvalue weighted by Crippen LogP contribution is 2.24. The molecule has 4 heteroatoms. The molecule has 0 radical (unpaired) electrons. The topological polar surface area (TPSA) is 12.5 Å². The number of hydrogen-bond acceptors (Lipinski definition) is 2. The number of nitrogens with zero attached hydrogens (tertiary/aromatic N) is 1. The van der Waals surface area contributed by atoms with Crippen molar-refractivity contribution in [3.05, 3.63) is 0 Å². The van der Waals surface area contributed by atoms with Crippen LogP contribution in [-0.4, -0.2) is 40.8 Å². The molecule has 20 heavy (non-hydrogen) atoms. The van der Waals surface area contributed by atoms with Crippen LogP contribution in [0.3, 0.4) is 0 Å². The van der Waals surface area contributed by atoms with Crippen molar-refractivity contribution in [1.82, 2.24) is 4.57 Å². The van der Waals surface area contributed by atoms with Gasteiger partial charge in [0.2, 0.25) is 0 Å². The molecular formula is C16H39NOSi2. The largest absolute Gasteiger partial charge is 0.418 e. The van der Waals surface area contributed by atoms with Gasteiger partial charge in [0.05, 0.1) is 0 Å². The number of rotatable bonds is 12. The summed E-state index contributed by atoms with van der Waals surface area (Å²) < 4.78 is 8.87. The maximum absolute atomic E-state index is 6.01. The molecule has 0 aromatic rings. The van der Waals surface area contributed by atoms with Gasteiger partial charge in [-0.2, -0.15) is 0 Å². The van der Waals surface area contributed by atoms with Gasteiger partial charge in [0, 0.05) is 6.61 Å². The lowest BCUT2D eigenvalue weighted by Crippen LogP contribution is -2.50. The van der Waals surface area contributed by atoms with Gasteiger partial charge in [-0.05, 0) is 58.0 Å². The minimum Gasteiger partial charge on any atom is -0.418 e. The quantitative estimate of drug-likeness (QED) is 0.451. The average molecular weight is 318 g/mol. The molecule has 0 aliphatic rings. The Morgan fingerprint density at radius 2 is 1.30 bits per heavy atom. The fourth-order valence-electron chi connectivity index (χ4n) is 2.64. The molecule has 0 bridgehead atoms. The van der Waals surface area contributed by atoms with E-state index in [1.54, 1.807) is 0 Å². The second kappa shape index (κ2) is 10.1. The Labute approximate surface area is 130 Å². The van der Waals surface area contributed by atoms with Crippen LogP contribution in [0.4, 0.5) is 0 Å². The summed E-state index contributed by atoms with van der Waals surface area (Å²) in [4.78, 5) is 0. The first-order chi connectivity index (χ1) is 9.29. The van der Waals surface area contributed by atoms with Crippen LogP contribution in [0.2, 0.25) is 38.3 Å². The van der Waals surface area contributed by atoms with Gasteiger partial charge in [0.1, 0.15) is 8.24 Å². The van der Waals surface area contributed by atoms with Crippen molar-refractivity contribution in [1.29, 1.82) is 0 Å². The normalized spacial score (nSPS) is 13.2. The highest BCUT2D eigenvalue weighted by Gasteiger charge is 2.32. The lowest BCUT2D eigenvalue weighted by Gasteiger charge is -2.39. The fourth-order valence-corrected chi connectivity index (χ4v) is 10.3. The van der Waals surface area contributed by atoms with E-state index in [-0.39, 0.29) is 0 Å². The zero-order chi connectivity index (χ0) is 15.6. The van der Waals surface area contributed by atoms with Gasteiger partial charge < -0.3 is 8.99 Å². The molecule has 0 saturated carbocycles. The van der Waals surface area contributed by atoms with Crippen molar-refractivity contribution in [3.63, 3.8) is 0 Å². The molecular weight excluding hydrogens is 278 g/mol. The summed E-state index contributed by atoms with van der Waals surface area (Å²) in [5.41, 5.74) is 0. The van der Waals surface area contributed by atoms with E-state index in [9.17, 15) is 0 Å². The summed E-state index contributed by atoms with van der Waals surface area (Å²) in [6, 6.07) is 2.73. The first-order valence-electron chi connectivity index (χ1n) is 8.68. The summed E-state index contributed by atoms with van der Waals surface area (Å²) in [6.07, 6.45) is 5.33. The van der Waals surface area contributed by atoms with E-state index in [1.807, 2.05) is 0 Å². The van der Waals surface area contributed by atoms with E-state index in [4.69, 9.17) is 4.43 Å². The van der Waals surface area contributed by atoms with Gasteiger partial charge in [-0.3, -0.25) is 0 Å². The Kier molecular flexibility index (Phi) is 10.3. The average Bonchev–Trinajstić information content (AvgIpc) is 2.36. The molecule has 122 valence electrons. The van der Waals surface area contributed by atoms with Crippen molar-refractivity contribution in [2.75, 3.05) is 19.7 Å². The molecule has 0 spiro atoms. The molecule has 0 amide bonds. The first-order valence-corrected chi connectivity index (χ1v) is 14.9. The molecule has 0 aromatic carbocycles. The summed E-state index contributed by atoms with van der Waals surface area (Å²) in [5, 5.41) is 0. The predicted molar refractivity (Wildman–Crippen MR) is 97.6 cm³/mol. The van der Waals surface area contributed by atoms with Crippen molar-refractivity contribution < 1.29 is 4.43 Å². The number of hydrogen-bond donors (Lipinski definition) is 0. The van der Waals surface area contributed by atoms with Crippen LogP contribution in [0.1, 0.15) is 46.5 Å². The highest BCUT2D eigenvalue weighted by atomic mass is 28.4. The van der Waals surface area contributed by atoms with Crippen LogP contribution in [0, 0.1) is 0 Å². The molecule has 0 saturated heterocycles. The van der Waals surface area contributed by atoms with Crippen LogP contribution < -0.4 is 0 Å². The Morgan fingerprint density at radius 3 is 1.70 bits per heavy atom. The lowest BCUT2D eigenvalue weighted by molar-refractivity contribution is 0.329. The van der Waals surface area contributed by atoms with Crippen molar-refractivity contribution in [3.8, 4) is 0 Å². The maximum Gasteiger partial charge on any atom is 0.186 e.